The Hall–Kier alpha value is -8.22. The maximum Gasteiger partial charge on any atom is 0.164 e. The predicted molar refractivity (Wildman–Crippen MR) is 242 cm³/mol. The van der Waals surface area contributed by atoms with E-state index < -0.39 is 0 Å². The van der Waals surface area contributed by atoms with Gasteiger partial charge in [0.05, 0.1) is 22.8 Å². The van der Waals surface area contributed by atoms with E-state index in [0.717, 1.165) is 84.0 Å². The second kappa shape index (κ2) is 16.3. The number of pyridine rings is 3. The van der Waals surface area contributed by atoms with Gasteiger partial charge >= 0.3 is 0 Å². The molecule has 6 aromatic carbocycles. The van der Waals surface area contributed by atoms with E-state index in [-0.39, 0.29) is 0 Å². The van der Waals surface area contributed by atoms with Gasteiger partial charge < -0.3 is 0 Å². The monoisotopic (exact) mass is 768 g/mol. The van der Waals surface area contributed by atoms with Crippen LogP contribution >= 0.6 is 0 Å². The Kier molecular flexibility index (Phi) is 9.84. The van der Waals surface area contributed by atoms with Crippen molar-refractivity contribution in [1.29, 1.82) is 0 Å². The zero-order chi connectivity index (χ0) is 40.1. The van der Waals surface area contributed by atoms with Crippen LogP contribution in [-0.2, 0) is 0 Å². The second-order valence-corrected chi connectivity index (χ2v) is 14.4. The number of hydrogen-bond donors (Lipinski definition) is 0. The molecule has 0 saturated heterocycles. The van der Waals surface area contributed by atoms with E-state index in [4.69, 9.17) is 24.9 Å². The molecule has 0 amide bonds. The van der Waals surface area contributed by atoms with Crippen molar-refractivity contribution >= 4 is 0 Å². The Morgan fingerprint density at radius 2 is 0.633 bits per heavy atom. The lowest BCUT2D eigenvalue weighted by Crippen LogP contribution is -2.00. The van der Waals surface area contributed by atoms with E-state index in [1.165, 1.54) is 0 Å². The summed E-state index contributed by atoms with van der Waals surface area (Å²) < 4.78 is 0. The molecule has 0 aliphatic rings. The van der Waals surface area contributed by atoms with Gasteiger partial charge in [-0.15, -0.1) is 0 Å². The van der Waals surface area contributed by atoms with E-state index in [1.54, 1.807) is 6.20 Å². The van der Waals surface area contributed by atoms with Crippen LogP contribution in [0.25, 0.3) is 101 Å². The Labute approximate surface area is 348 Å². The molecule has 6 heteroatoms. The summed E-state index contributed by atoms with van der Waals surface area (Å²) in [6.07, 6.45) is 3.73. The average molecular weight is 769 g/mol. The van der Waals surface area contributed by atoms with Crippen LogP contribution in [0.5, 0.6) is 0 Å². The van der Waals surface area contributed by atoms with Gasteiger partial charge in [0.15, 0.2) is 17.5 Å². The first-order valence-electron chi connectivity index (χ1n) is 19.8. The first kappa shape index (κ1) is 36.1. The van der Waals surface area contributed by atoms with Gasteiger partial charge in [0.1, 0.15) is 0 Å². The Balaban J connectivity index is 0.922. The highest BCUT2D eigenvalue weighted by atomic mass is 15.0. The van der Waals surface area contributed by atoms with Crippen molar-refractivity contribution in [1.82, 2.24) is 29.9 Å². The third-order valence-corrected chi connectivity index (χ3v) is 10.5. The molecule has 282 valence electrons. The Morgan fingerprint density at radius 1 is 0.233 bits per heavy atom. The lowest BCUT2D eigenvalue weighted by molar-refractivity contribution is 1.07. The fourth-order valence-corrected chi connectivity index (χ4v) is 7.39. The molecule has 0 spiro atoms. The molecule has 4 aromatic heterocycles. The van der Waals surface area contributed by atoms with Crippen LogP contribution in [0.4, 0.5) is 0 Å². The van der Waals surface area contributed by atoms with Crippen molar-refractivity contribution in [2.75, 3.05) is 0 Å². The molecule has 0 radical (unpaired) electrons. The zero-order valence-corrected chi connectivity index (χ0v) is 32.5. The largest absolute Gasteiger partial charge is 0.255 e. The average Bonchev–Trinajstić information content (AvgIpc) is 3.35. The van der Waals surface area contributed by atoms with Crippen LogP contribution < -0.4 is 0 Å². The lowest BCUT2D eigenvalue weighted by atomic mass is 9.93. The van der Waals surface area contributed by atoms with Crippen LogP contribution in [0, 0.1) is 0 Å². The van der Waals surface area contributed by atoms with Crippen LogP contribution in [0.2, 0.25) is 0 Å². The summed E-state index contributed by atoms with van der Waals surface area (Å²) >= 11 is 0. The van der Waals surface area contributed by atoms with Gasteiger partial charge in [-0.05, 0) is 69.3 Å². The molecular formula is C54H36N6. The smallest absolute Gasteiger partial charge is 0.164 e. The molecule has 0 saturated carbocycles. The number of benzene rings is 6. The molecule has 0 N–H and O–H groups in total. The summed E-state index contributed by atoms with van der Waals surface area (Å²) in [5.41, 5.74) is 14.8. The van der Waals surface area contributed by atoms with Crippen molar-refractivity contribution in [3.8, 4) is 101 Å². The fraction of sp³-hybridized carbons (Fsp3) is 0. The van der Waals surface area contributed by atoms with E-state index in [1.807, 2.05) is 97.2 Å². The van der Waals surface area contributed by atoms with E-state index in [9.17, 15) is 0 Å². The molecule has 0 atom stereocenters. The summed E-state index contributed by atoms with van der Waals surface area (Å²) in [5, 5.41) is 0. The zero-order valence-electron chi connectivity index (χ0n) is 32.5. The molecular weight excluding hydrogens is 733 g/mol. The van der Waals surface area contributed by atoms with E-state index in [2.05, 4.69) is 120 Å². The Morgan fingerprint density at radius 3 is 1.12 bits per heavy atom. The highest BCUT2D eigenvalue weighted by molar-refractivity contribution is 5.86. The van der Waals surface area contributed by atoms with Crippen molar-refractivity contribution in [2.45, 2.75) is 0 Å². The molecule has 10 aromatic rings. The lowest BCUT2D eigenvalue weighted by Gasteiger charge is -2.13. The van der Waals surface area contributed by atoms with Gasteiger partial charge in [0.25, 0.3) is 0 Å². The maximum absolute atomic E-state index is 5.08. The van der Waals surface area contributed by atoms with Gasteiger partial charge in [-0.3, -0.25) is 9.97 Å². The predicted octanol–water partition coefficient (Wildman–Crippen LogP) is 13.1. The fourth-order valence-electron chi connectivity index (χ4n) is 7.39. The first-order chi connectivity index (χ1) is 29.7. The van der Waals surface area contributed by atoms with Crippen LogP contribution in [-0.4, -0.2) is 29.9 Å². The van der Waals surface area contributed by atoms with Gasteiger partial charge in [-0.25, -0.2) is 19.9 Å². The molecule has 4 heterocycles. The number of hydrogen-bond acceptors (Lipinski definition) is 6. The van der Waals surface area contributed by atoms with Crippen molar-refractivity contribution in [3.05, 3.63) is 219 Å². The molecule has 6 nitrogen and oxygen atoms in total. The molecule has 10 rings (SSSR count). The molecule has 0 bridgehead atoms. The molecule has 60 heavy (non-hydrogen) atoms. The summed E-state index contributed by atoms with van der Waals surface area (Å²) in [6.45, 7) is 0. The number of nitrogens with zero attached hydrogens (tertiary/aromatic N) is 6. The SMILES string of the molecule is c1ccc(-c2nc(-c3ccccc3)nc(-c3ccc(-c4ccc(-c5ccc(-c6cc(-c7ccccc7-c7ccccc7)cc(-c7ccccn7)n6)nc5)cc4)cc3)n2)cc1. The highest BCUT2D eigenvalue weighted by Crippen LogP contribution is 2.36. The Bertz CT molecular complexity index is 2970. The quantitative estimate of drug-likeness (QED) is 0.145. The number of rotatable bonds is 9. The first-order valence-corrected chi connectivity index (χ1v) is 19.8. The van der Waals surface area contributed by atoms with Gasteiger partial charge in [0.2, 0.25) is 0 Å². The van der Waals surface area contributed by atoms with Crippen LogP contribution in [0.15, 0.2) is 219 Å². The topological polar surface area (TPSA) is 77.3 Å². The van der Waals surface area contributed by atoms with Crippen LogP contribution in [0.3, 0.4) is 0 Å². The van der Waals surface area contributed by atoms with E-state index >= 15 is 0 Å². The normalized spacial score (nSPS) is 11.0. The summed E-state index contributed by atoms with van der Waals surface area (Å²) in [5.74, 6) is 1.92. The van der Waals surface area contributed by atoms with Gasteiger partial charge in [0, 0.05) is 34.6 Å². The molecule has 0 aliphatic carbocycles. The maximum atomic E-state index is 5.08. The van der Waals surface area contributed by atoms with Crippen molar-refractivity contribution in [2.24, 2.45) is 0 Å². The summed E-state index contributed by atoms with van der Waals surface area (Å²) in [4.78, 5) is 29.3. The minimum absolute atomic E-state index is 0.632. The molecule has 0 fully saturated rings. The van der Waals surface area contributed by atoms with E-state index in [0.29, 0.717) is 17.5 Å². The molecule has 0 unspecified atom stereocenters. The standard InChI is InChI=1S/C54H36N6/c1-4-14-40(15-5-1)46-20-10-11-21-47(46)45-34-50(48-22-12-13-33-55-48)57-51(35-45)49-32-31-44(36-56-49)39-25-23-37(24-26-39)38-27-29-43(30-28-38)54-59-52(41-16-6-2-7-17-41)58-53(60-54)42-18-8-3-9-19-42/h1-36H. The highest BCUT2D eigenvalue weighted by Gasteiger charge is 2.15. The number of aromatic nitrogens is 6. The molecule has 0 aliphatic heterocycles. The summed E-state index contributed by atoms with van der Waals surface area (Å²) in [6, 6.07) is 70.3. The minimum Gasteiger partial charge on any atom is -0.255 e. The minimum atomic E-state index is 0.632. The second-order valence-electron chi connectivity index (χ2n) is 14.4. The van der Waals surface area contributed by atoms with Gasteiger partial charge in [-0.1, -0.05) is 176 Å². The van der Waals surface area contributed by atoms with Crippen LogP contribution in [0.1, 0.15) is 0 Å². The van der Waals surface area contributed by atoms with Gasteiger partial charge in [-0.2, -0.15) is 0 Å². The van der Waals surface area contributed by atoms with Crippen molar-refractivity contribution < 1.29 is 0 Å². The summed E-state index contributed by atoms with van der Waals surface area (Å²) in [7, 11) is 0. The van der Waals surface area contributed by atoms with Crippen molar-refractivity contribution in [3.63, 3.8) is 0 Å². The third-order valence-electron chi connectivity index (χ3n) is 10.5. The third kappa shape index (κ3) is 7.61.